The van der Waals surface area contributed by atoms with Crippen molar-refractivity contribution in [2.75, 3.05) is 0 Å². The summed E-state index contributed by atoms with van der Waals surface area (Å²) < 4.78 is 31.2. The lowest BCUT2D eigenvalue weighted by Crippen LogP contribution is -2.44. The van der Waals surface area contributed by atoms with Gasteiger partial charge in [0.05, 0.1) is 0 Å². The molecule has 6 heteroatoms. The molecule has 0 fully saturated rings. The Morgan fingerprint density at radius 2 is 1.61 bits per heavy atom. The predicted molar refractivity (Wildman–Crippen MR) is 81.0 cm³/mol. The molecular formula is C17H17F2NO3. The van der Waals surface area contributed by atoms with Crippen molar-refractivity contribution in [1.29, 1.82) is 0 Å². The van der Waals surface area contributed by atoms with Gasteiger partial charge in [-0.05, 0) is 11.1 Å². The Balaban J connectivity index is 1.95. The van der Waals surface area contributed by atoms with E-state index in [1.165, 1.54) is 12.1 Å². The highest BCUT2D eigenvalue weighted by atomic mass is 19.3. The molecule has 2 aromatic carbocycles. The summed E-state index contributed by atoms with van der Waals surface area (Å²) in [6.07, 6.45) is -5.47. The van der Waals surface area contributed by atoms with Gasteiger partial charge in [-0.1, -0.05) is 60.7 Å². The second kappa shape index (κ2) is 8.24. The van der Waals surface area contributed by atoms with Gasteiger partial charge < -0.3 is 15.2 Å². The number of aliphatic hydroxyl groups is 1. The molecule has 122 valence electrons. The average Bonchev–Trinajstić information content (AvgIpc) is 2.58. The van der Waals surface area contributed by atoms with E-state index in [2.05, 4.69) is 0 Å². The summed E-state index contributed by atoms with van der Waals surface area (Å²) >= 11 is 0. The number of benzene rings is 2. The molecule has 0 aromatic heterocycles. The SMILES string of the molecule is O=C(N[C@H](C(F)F)[C@@H](O)c1ccccc1)OCc1ccccc1. The second-order valence-corrected chi connectivity index (χ2v) is 4.92. The minimum absolute atomic E-state index is 0.0376. The summed E-state index contributed by atoms with van der Waals surface area (Å²) in [6.45, 7) is -0.0376. The number of carbonyl (C=O) groups is 1. The first-order valence-electron chi connectivity index (χ1n) is 7.06. The zero-order valence-corrected chi connectivity index (χ0v) is 12.2. The van der Waals surface area contributed by atoms with Crippen molar-refractivity contribution in [3.63, 3.8) is 0 Å². The number of nitrogens with one attached hydrogen (secondary N) is 1. The Morgan fingerprint density at radius 3 is 2.17 bits per heavy atom. The van der Waals surface area contributed by atoms with Crippen LogP contribution >= 0.6 is 0 Å². The zero-order chi connectivity index (χ0) is 16.7. The lowest BCUT2D eigenvalue weighted by atomic mass is 10.0. The van der Waals surface area contributed by atoms with Crippen molar-refractivity contribution in [2.45, 2.75) is 25.2 Å². The third kappa shape index (κ3) is 5.03. The predicted octanol–water partition coefficient (Wildman–Crippen LogP) is 3.28. The number of aliphatic hydroxyl groups excluding tert-OH is 1. The van der Waals surface area contributed by atoms with E-state index < -0.39 is 24.7 Å². The van der Waals surface area contributed by atoms with Crippen molar-refractivity contribution >= 4 is 6.09 Å². The van der Waals surface area contributed by atoms with E-state index in [1.54, 1.807) is 42.5 Å². The summed E-state index contributed by atoms with van der Waals surface area (Å²) in [5.74, 6) is 0. The Hall–Kier alpha value is -2.47. The van der Waals surface area contributed by atoms with E-state index in [0.29, 0.717) is 5.56 Å². The van der Waals surface area contributed by atoms with Crippen LogP contribution in [0.15, 0.2) is 60.7 Å². The lowest BCUT2D eigenvalue weighted by Gasteiger charge is -2.23. The summed E-state index contributed by atoms with van der Waals surface area (Å²) in [5.41, 5.74) is 1.03. The van der Waals surface area contributed by atoms with Crippen LogP contribution in [-0.4, -0.2) is 23.7 Å². The van der Waals surface area contributed by atoms with Crippen molar-refractivity contribution in [2.24, 2.45) is 0 Å². The largest absolute Gasteiger partial charge is 0.445 e. The van der Waals surface area contributed by atoms with Gasteiger partial charge in [0.15, 0.2) is 0 Å². The molecule has 0 aliphatic heterocycles. The van der Waals surface area contributed by atoms with Crippen LogP contribution in [0.2, 0.25) is 0 Å². The summed E-state index contributed by atoms with van der Waals surface area (Å²) in [4.78, 5) is 11.7. The number of alkyl halides is 2. The number of ether oxygens (including phenoxy) is 1. The van der Waals surface area contributed by atoms with Gasteiger partial charge in [0.2, 0.25) is 0 Å². The second-order valence-electron chi connectivity index (χ2n) is 4.92. The molecule has 23 heavy (non-hydrogen) atoms. The minimum Gasteiger partial charge on any atom is -0.445 e. The highest BCUT2D eigenvalue weighted by Gasteiger charge is 2.31. The van der Waals surface area contributed by atoms with Gasteiger partial charge >= 0.3 is 6.09 Å². The number of alkyl carbamates (subject to hydrolysis) is 1. The summed E-state index contributed by atoms with van der Waals surface area (Å²) in [7, 11) is 0. The molecule has 0 bridgehead atoms. The Kier molecular flexibility index (Phi) is 6.05. The smallest absolute Gasteiger partial charge is 0.407 e. The fourth-order valence-corrected chi connectivity index (χ4v) is 2.04. The number of halogens is 2. The van der Waals surface area contributed by atoms with Gasteiger partial charge in [-0.25, -0.2) is 13.6 Å². The van der Waals surface area contributed by atoms with E-state index in [-0.39, 0.29) is 6.61 Å². The molecule has 2 N–H and O–H groups in total. The van der Waals surface area contributed by atoms with E-state index >= 15 is 0 Å². The third-order valence-electron chi connectivity index (χ3n) is 3.25. The van der Waals surface area contributed by atoms with E-state index in [4.69, 9.17) is 4.74 Å². The highest BCUT2D eigenvalue weighted by Crippen LogP contribution is 2.21. The molecule has 4 nitrogen and oxygen atoms in total. The number of hydrogen-bond acceptors (Lipinski definition) is 3. The first-order valence-corrected chi connectivity index (χ1v) is 7.06. The van der Waals surface area contributed by atoms with Crippen LogP contribution in [0, 0.1) is 0 Å². The molecule has 0 heterocycles. The van der Waals surface area contributed by atoms with Gasteiger partial charge in [-0.15, -0.1) is 0 Å². The Labute approximate surface area is 132 Å². The fraction of sp³-hybridized carbons (Fsp3) is 0.235. The maximum atomic E-state index is 13.1. The molecular weight excluding hydrogens is 304 g/mol. The molecule has 0 unspecified atom stereocenters. The lowest BCUT2D eigenvalue weighted by molar-refractivity contribution is 0.0146. The number of rotatable bonds is 6. The van der Waals surface area contributed by atoms with E-state index in [9.17, 15) is 18.7 Å². The highest BCUT2D eigenvalue weighted by molar-refractivity contribution is 5.67. The normalized spacial score (nSPS) is 13.4. The molecule has 0 aliphatic carbocycles. The van der Waals surface area contributed by atoms with Crippen LogP contribution in [0.1, 0.15) is 17.2 Å². The van der Waals surface area contributed by atoms with Gasteiger partial charge in [0.1, 0.15) is 18.8 Å². The third-order valence-corrected chi connectivity index (χ3v) is 3.25. The molecule has 0 saturated carbocycles. The molecule has 0 aliphatic rings. The number of hydrogen-bond donors (Lipinski definition) is 2. The first-order chi connectivity index (χ1) is 11.1. The molecule has 2 rings (SSSR count). The molecule has 0 saturated heterocycles. The molecule has 2 atom stereocenters. The maximum absolute atomic E-state index is 13.1. The topological polar surface area (TPSA) is 58.6 Å². The maximum Gasteiger partial charge on any atom is 0.407 e. The van der Waals surface area contributed by atoms with Crippen molar-refractivity contribution in [3.05, 3.63) is 71.8 Å². The van der Waals surface area contributed by atoms with Gasteiger partial charge in [0.25, 0.3) is 6.43 Å². The number of carbonyl (C=O) groups excluding carboxylic acids is 1. The van der Waals surface area contributed by atoms with E-state index in [1.807, 2.05) is 11.4 Å². The molecule has 2 aromatic rings. The Morgan fingerprint density at radius 1 is 1.04 bits per heavy atom. The first kappa shape index (κ1) is 16.9. The zero-order valence-electron chi connectivity index (χ0n) is 12.2. The molecule has 1 amide bonds. The molecule has 0 radical (unpaired) electrons. The minimum atomic E-state index is -2.94. The van der Waals surface area contributed by atoms with E-state index in [0.717, 1.165) is 5.56 Å². The summed E-state index contributed by atoms with van der Waals surface area (Å²) in [6, 6.07) is 15.1. The molecule has 0 spiro atoms. The number of amides is 1. The van der Waals surface area contributed by atoms with Crippen LogP contribution in [0.3, 0.4) is 0 Å². The van der Waals surface area contributed by atoms with Crippen LogP contribution in [0.25, 0.3) is 0 Å². The van der Waals surface area contributed by atoms with Gasteiger partial charge in [-0.2, -0.15) is 0 Å². The average molecular weight is 321 g/mol. The van der Waals surface area contributed by atoms with Crippen molar-refractivity contribution in [3.8, 4) is 0 Å². The van der Waals surface area contributed by atoms with Crippen LogP contribution in [-0.2, 0) is 11.3 Å². The van der Waals surface area contributed by atoms with Crippen molar-refractivity contribution < 1.29 is 23.4 Å². The van der Waals surface area contributed by atoms with Crippen LogP contribution < -0.4 is 5.32 Å². The Bertz CT molecular complexity index is 608. The monoisotopic (exact) mass is 321 g/mol. The quantitative estimate of drug-likeness (QED) is 0.858. The standard InChI is InChI=1S/C17H17F2NO3/c18-16(19)14(15(21)13-9-5-2-6-10-13)20-17(22)23-11-12-7-3-1-4-8-12/h1-10,14-16,21H,11H2,(H,20,22)/t14-,15-/m0/s1. The van der Waals surface area contributed by atoms with Crippen LogP contribution in [0.4, 0.5) is 13.6 Å². The fourth-order valence-electron chi connectivity index (χ4n) is 2.04. The van der Waals surface area contributed by atoms with Crippen molar-refractivity contribution in [1.82, 2.24) is 5.32 Å². The van der Waals surface area contributed by atoms with Crippen LogP contribution in [0.5, 0.6) is 0 Å². The van der Waals surface area contributed by atoms with Gasteiger partial charge in [-0.3, -0.25) is 0 Å². The summed E-state index contributed by atoms with van der Waals surface area (Å²) in [5, 5.41) is 12.1. The van der Waals surface area contributed by atoms with Gasteiger partial charge in [0, 0.05) is 0 Å².